The summed E-state index contributed by atoms with van der Waals surface area (Å²) >= 11 is 1.68. The number of benzene rings is 1. The van der Waals surface area contributed by atoms with Crippen LogP contribution in [0.1, 0.15) is 54.8 Å². The van der Waals surface area contributed by atoms with Crippen molar-refractivity contribution in [1.29, 1.82) is 0 Å². The van der Waals surface area contributed by atoms with E-state index >= 15 is 0 Å². The lowest BCUT2D eigenvalue weighted by atomic mass is 9.96. The topological polar surface area (TPSA) is 88.1 Å². The summed E-state index contributed by atoms with van der Waals surface area (Å²) in [5.74, 6) is -0.805. The van der Waals surface area contributed by atoms with Gasteiger partial charge in [-0.05, 0) is 61.7 Å². The van der Waals surface area contributed by atoms with Crippen LogP contribution in [-0.2, 0) is 17.8 Å². The minimum absolute atomic E-state index is 0.112. The molecule has 2 N–H and O–H groups in total. The molecule has 0 radical (unpaired) electrons. The summed E-state index contributed by atoms with van der Waals surface area (Å²) in [5, 5.41) is 11.2. The molecule has 0 saturated heterocycles. The van der Waals surface area contributed by atoms with Crippen LogP contribution in [0.4, 0.5) is 0 Å². The first-order valence-corrected chi connectivity index (χ1v) is 12.4. The third kappa shape index (κ3) is 5.85. The zero-order chi connectivity index (χ0) is 25.2. The first-order valence-electron chi connectivity index (χ1n) is 11.6. The second-order valence-corrected chi connectivity index (χ2v) is 11.6. The molecule has 7 heteroatoms. The molecule has 3 heterocycles. The van der Waals surface area contributed by atoms with Crippen molar-refractivity contribution in [2.45, 2.75) is 63.2 Å². The molecule has 0 aliphatic rings. The zero-order valence-electron chi connectivity index (χ0n) is 20.8. The molecule has 3 aromatic heterocycles. The van der Waals surface area contributed by atoms with Gasteiger partial charge in [-0.25, -0.2) is 0 Å². The molecule has 35 heavy (non-hydrogen) atoms. The Balaban J connectivity index is 1.77. The number of carbonyl (C=O) groups is 1. The molecule has 0 amide bonds. The second-order valence-electron chi connectivity index (χ2n) is 9.76. The summed E-state index contributed by atoms with van der Waals surface area (Å²) in [4.78, 5) is 25.4. The Hall–Kier alpha value is -3.32. The second kappa shape index (κ2) is 10.1. The first-order chi connectivity index (χ1) is 16.6. The third-order valence-corrected chi connectivity index (χ3v) is 6.99. The first kappa shape index (κ1) is 24.8. The van der Waals surface area contributed by atoms with Crippen molar-refractivity contribution in [2.24, 2.45) is 0 Å². The van der Waals surface area contributed by atoms with Crippen molar-refractivity contribution in [1.82, 2.24) is 15.0 Å². The van der Waals surface area contributed by atoms with Crippen LogP contribution in [0.5, 0.6) is 5.75 Å². The number of nitrogens with zero attached hydrogens (tertiary/aromatic N) is 2. The molecule has 1 atom stereocenters. The average molecular weight is 490 g/mol. The summed E-state index contributed by atoms with van der Waals surface area (Å²) in [6.45, 7) is 10.8. The molecule has 0 saturated carbocycles. The number of rotatable bonds is 8. The SMILES string of the molecule is Cc1ccc(COc2ccc3[nH]c(C(Cc4ccncc4)C(=O)O)c(SC(C)(C)C)c3c2C)nc1. The van der Waals surface area contributed by atoms with Gasteiger partial charge in [0.05, 0.1) is 5.69 Å². The third-order valence-electron chi connectivity index (χ3n) is 5.75. The fourth-order valence-electron chi connectivity index (χ4n) is 4.04. The zero-order valence-corrected chi connectivity index (χ0v) is 21.6. The Bertz CT molecular complexity index is 1330. The number of hydrogen-bond donors (Lipinski definition) is 2. The van der Waals surface area contributed by atoms with Crippen molar-refractivity contribution in [2.75, 3.05) is 0 Å². The fraction of sp³-hybridized carbons (Fsp3) is 0.321. The number of aromatic amines is 1. The Morgan fingerprint density at radius 2 is 1.86 bits per heavy atom. The van der Waals surface area contributed by atoms with Crippen LogP contribution in [0, 0.1) is 13.8 Å². The number of aryl methyl sites for hydroxylation is 2. The van der Waals surface area contributed by atoms with Gasteiger partial charge < -0.3 is 14.8 Å². The summed E-state index contributed by atoms with van der Waals surface area (Å²) in [5.41, 5.74) is 5.52. The molecule has 6 nitrogen and oxygen atoms in total. The van der Waals surface area contributed by atoms with E-state index in [1.807, 2.05) is 56.4 Å². The maximum absolute atomic E-state index is 12.5. The largest absolute Gasteiger partial charge is 0.487 e. The predicted molar refractivity (Wildman–Crippen MR) is 140 cm³/mol. The van der Waals surface area contributed by atoms with Crippen molar-refractivity contribution in [3.05, 3.63) is 83.1 Å². The molecule has 182 valence electrons. The molecule has 4 rings (SSSR count). The number of H-pyrrole nitrogens is 1. The van der Waals surface area contributed by atoms with Crippen LogP contribution >= 0.6 is 11.8 Å². The van der Waals surface area contributed by atoms with E-state index < -0.39 is 11.9 Å². The summed E-state index contributed by atoms with van der Waals surface area (Å²) in [7, 11) is 0. The molecular weight excluding hydrogens is 458 g/mol. The van der Waals surface area contributed by atoms with Gasteiger partial charge in [-0.3, -0.25) is 14.8 Å². The average Bonchev–Trinajstić information content (AvgIpc) is 3.15. The number of ether oxygens (including phenoxy) is 1. The lowest BCUT2D eigenvalue weighted by Crippen LogP contribution is -2.17. The molecule has 0 spiro atoms. The number of aromatic nitrogens is 3. The van der Waals surface area contributed by atoms with Crippen molar-refractivity contribution in [3.63, 3.8) is 0 Å². The summed E-state index contributed by atoms with van der Waals surface area (Å²) < 4.78 is 6.05. The highest BCUT2D eigenvalue weighted by Crippen LogP contribution is 2.45. The van der Waals surface area contributed by atoms with Gasteiger partial charge >= 0.3 is 5.97 Å². The number of fused-ring (bicyclic) bond motifs is 1. The predicted octanol–water partition coefficient (Wildman–Crippen LogP) is 6.46. The van der Waals surface area contributed by atoms with Gasteiger partial charge in [0.1, 0.15) is 18.3 Å². The van der Waals surface area contributed by atoms with Crippen LogP contribution in [0.15, 0.2) is 59.9 Å². The summed E-state index contributed by atoms with van der Waals surface area (Å²) in [6.07, 6.45) is 5.60. The minimum Gasteiger partial charge on any atom is -0.487 e. The van der Waals surface area contributed by atoms with Gasteiger partial charge in [-0.15, -0.1) is 11.8 Å². The van der Waals surface area contributed by atoms with Gasteiger partial charge in [0, 0.05) is 50.4 Å². The highest BCUT2D eigenvalue weighted by molar-refractivity contribution is 8.00. The number of thioether (sulfide) groups is 1. The van der Waals surface area contributed by atoms with E-state index in [4.69, 9.17) is 4.74 Å². The Kier molecular flexibility index (Phi) is 7.17. The number of aliphatic carboxylic acids is 1. The molecule has 4 aromatic rings. The van der Waals surface area contributed by atoms with Gasteiger partial charge in [0.25, 0.3) is 0 Å². The molecular formula is C28H31N3O3S. The van der Waals surface area contributed by atoms with Crippen LogP contribution in [0.3, 0.4) is 0 Å². The van der Waals surface area contributed by atoms with Crippen molar-refractivity contribution in [3.8, 4) is 5.75 Å². The van der Waals surface area contributed by atoms with Crippen LogP contribution in [0.2, 0.25) is 0 Å². The quantitative estimate of drug-likeness (QED) is 0.276. The van der Waals surface area contributed by atoms with Crippen molar-refractivity contribution < 1.29 is 14.6 Å². The maximum atomic E-state index is 12.5. The highest BCUT2D eigenvalue weighted by Gasteiger charge is 2.30. The van der Waals surface area contributed by atoms with Crippen molar-refractivity contribution >= 4 is 28.6 Å². The van der Waals surface area contributed by atoms with E-state index in [0.29, 0.717) is 13.0 Å². The number of carboxylic acid groups (broad SMARTS) is 1. The minimum atomic E-state index is -0.858. The number of hydrogen-bond acceptors (Lipinski definition) is 5. The number of pyridine rings is 2. The van der Waals surface area contributed by atoms with Gasteiger partial charge in [0.15, 0.2) is 0 Å². The van der Waals surface area contributed by atoms with Gasteiger partial charge in [-0.2, -0.15) is 0 Å². The van der Waals surface area contributed by atoms with E-state index in [1.165, 1.54) is 0 Å². The molecule has 1 aromatic carbocycles. The lowest BCUT2D eigenvalue weighted by molar-refractivity contribution is -0.138. The summed E-state index contributed by atoms with van der Waals surface area (Å²) in [6, 6.07) is 11.6. The molecule has 0 aliphatic carbocycles. The smallest absolute Gasteiger partial charge is 0.312 e. The van der Waals surface area contributed by atoms with Gasteiger partial charge in [-0.1, -0.05) is 26.8 Å². The maximum Gasteiger partial charge on any atom is 0.312 e. The van der Waals surface area contributed by atoms with Crippen LogP contribution in [0.25, 0.3) is 10.9 Å². The Labute approximate surface area is 210 Å². The normalized spacial score (nSPS) is 12.6. The fourth-order valence-corrected chi connectivity index (χ4v) is 5.32. The van der Waals surface area contributed by atoms with Crippen LogP contribution < -0.4 is 4.74 Å². The molecule has 1 unspecified atom stereocenters. The van der Waals surface area contributed by atoms with Crippen LogP contribution in [-0.4, -0.2) is 30.8 Å². The lowest BCUT2D eigenvalue weighted by Gasteiger charge is -2.21. The standard InChI is InChI=1S/C28H31N3O3S/c1-17-6-7-20(30-15-17)16-34-23-9-8-22-24(18(23)2)26(35-28(3,4)5)25(31-22)21(27(32)33)14-19-10-12-29-13-11-19/h6-13,15,21,31H,14,16H2,1-5H3,(H,32,33). The van der Waals surface area contributed by atoms with Gasteiger partial charge in [0.2, 0.25) is 0 Å². The number of nitrogens with one attached hydrogen (secondary N) is 1. The number of carboxylic acids is 1. The Morgan fingerprint density at radius 3 is 2.49 bits per heavy atom. The molecule has 0 bridgehead atoms. The monoisotopic (exact) mass is 489 g/mol. The molecule has 0 aliphatic heterocycles. The van der Waals surface area contributed by atoms with E-state index in [-0.39, 0.29) is 4.75 Å². The van der Waals surface area contributed by atoms with E-state index in [2.05, 4.69) is 35.7 Å². The molecule has 0 fully saturated rings. The van der Waals surface area contributed by atoms with E-state index in [1.54, 1.807) is 24.2 Å². The Morgan fingerprint density at radius 1 is 1.11 bits per heavy atom. The van der Waals surface area contributed by atoms with E-state index in [0.717, 1.165) is 49.6 Å². The highest BCUT2D eigenvalue weighted by atomic mass is 32.2. The van der Waals surface area contributed by atoms with E-state index in [9.17, 15) is 9.90 Å².